The average Bonchev–Trinajstić information content (AvgIpc) is 2.52. The molecular formula is C17H16N2O3S. The van der Waals surface area contributed by atoms with E-state index in [4.69, 9.17) is 0 Å². The quantitative estimate of drug-likeness (QED) is 0.803. The lowest BCUT2D eigenvalue weighted by molar-refractivity contribution is 0.601. The molecule has 0 bridgehead atoms. The van der Waals surface area contributed by atoms with Gasteiger partial charge >= 0.3 is 0 Å². The Balaban J connectivity index is 2.09. The van der Waals surface area contributed by atoms with Crippen LogP contribution >= 0.6 is 0 Å². The maximum absolute atomic E-state index is 12.5. The van der Waals surface area contributed by atoms with Crippen LogP contribution in [0.3, 0.4) is 0 Å². The molecule has 0 spiro atoms. The van der Waals surface area contributed by atoms with Crippen molar-refractivity contribution in [1.82, 2.24) is 4.57 Å². The number of aryl methyl sites for hydroxylation is 2. The van der Waals surface area contributed by atoms with Crippen LogP contribution in [0.15, 0.2) is 64.3 Å². The van der Waals surface area contributed by atoms with Crippen molar-refractivity contribution in [2.45, 2.75) is 11.8 Å². The second kappa shape index (κ2) is 5.55. The molecule has 0 unspecified atom stereocenters. The molecule has 1 aromatic heterocycles. The zero-order valence-electron chi connectivity index (χ0n) is 12.8. The molecule has 3 rings (SSSR count). The smallest absolute Gasteiger partial charge is 0.275 e. The first-order valence-corrected chi connectivity index (χ1v) is 8.55. The van der Waals surface area contributed by atoms with E-state index in [-0.39, 0.29) is 16.1 Å². The molecule has 3 aromatic rings. The van der Waals surface area contributed by atoms with Crippen LogP contribution in [0.25, 0.3) is 10.9 Å². The van der Waals surface area contributed by atoms with E-state index in [0.29, 0.717) is 0 Å². The topological polar surface area (TPSA) is 68.2 Å². The Morgan fingerprint density at radius 3 is 2.35 bits per heavy atom. The highest BCUT2D eigenvalue weighted by molar-refractivity contribution is 7.92. The van der Waals surface area contributed by atoms with Crippen molar-refractivity contribution in [3.05, 3.63) is 70.5 Å². The molecule has 0 radical (unpaired) electrons. The van der Waals surface area contributed by atoms with Gasteiger partial charge in [-0.1, -0.05) is 35.9 Å². The van der Waals surface area contributed by atoms with Crippen LogP contribution < -0.4 is 10.3 Å². The maximum Gasteiger partial charge on any atom is 0.275 e. The minimum atomic E-state index is -3.80. The highest BCUT2D eigenvalue weighted by atomic mass is 32.2. The van der Waals surface area contributed by atoms with Gasteiger partial charge in [-0.05, 0) is 31.2 Å². The summed E-state index contributed by atoms with van der Waals surface area (Å²) in [5.74, 6) is 0. The zero-order chi connectivity index (χ0) is 16.6. The van der Waals surface area contributed by atoms with Gasteiger partial charge in [0, 0.05) is 12.4 Å². The Labute approximate surface area is 134 Å². The summed E-state index contributed by atoms with van der Waals surface area (Å²) in [4.78, 5) is 12.5. The van der Waals surface area contributed by atoms with Gasteiger partial charge in [0.15, 0.2) is 0 Å². The second-order valence-electron chi connectivity index (χ2n) is 5.40. The molecule has 5 nitrogen and oxygen atoms in total. The monoisotopic (exact) mass is 328 g/mol. The summed E-state index contributed by atoms with van der Waals surface area (Å²) in [6.45, 7) is 1.88. The lowest BCUT2D eigenvalue weighted by Crippen LogP contribution is -2.24. The first-order valence-electron chi connectivity index (χ1n) is 7.07. The number of hydrogen-bond donors (Lipinski definition) is 1. The van der Waals surface area contributed by atoms with Crippen LogP contribution in [0.1, 0.15) is 5.56 Å². The Morgan fingerprint density at radius 1 is 1.00 bits per heavy atom. The Morgan fingerprint density at radius 2 is 1.65 bits per heavy atom. The van der Waals surface area contributed by atoms with E-state index < -0.39 is 10.0 Å². The van der Waals surface area contributed by atoms with Crippen molar-refractivity contribution in [1.29, 1.82) is 0 Å². The number of pyridine rings is 1. The largest absolute Gasteiger partial charge is 0.310 e. The second-order valence-corrected chi connectivity index (χ2v) is 7.08. The highest BCUT2D eigenvalue weighted by Gasteiger charge is 2.17. The molecule has 0 aliphatic carbocycles. The van der Waals surface area contributed by atoms with Gasteiger partial charge in [-0.2, -0.15) is 0 Å². The van der Waals surface area contributed by atoms with Gasteiger partial charge in [0.2, 0.25) is 0 Å². The van der Waals surface area contributed by atoms with Gasteiger partial charge in [-0.25, -0.2) is 8.42 Å². The number of hydrogen-bond acceptors (Lipinski definition) is 3. The number of sulfonamides is 1. The summed E-state index contributed by atoms with van der Waals surface area (Å²) in [6.07, 6.45) is 0. The van der Waals surface area contributed by atoms with Gasteiger partial charge in [0.1, 0.15) is 5.69 Å². The summed E-state index contributed by atoms with van der Waals surface area (Å²) in [5, 5.41) is 0.788. The van der Waals surface area contributed by atoms with Crippen molar-refractivity contribution < 1.29 is 8.42 Å². The Bertz CT molecular complexity index is 1040. The number of aromatic nitrogens is 1. The first-order chi connectivity index (χ1) is 10.9. The predicted octanol–water partition coefficient (Wildman–Crippen LogP) is 2.65. The Hall–Kier alpha value is -2.60. The number of benzene rings is 2. The minimum absolute atomic E-state index is 0.0341. The van der Waals surface area contributed by atoms with Crippen molar-refractivity contribution >= 4 is 26.6 Å². The van der Waals surface area contributed by atoms with Crippen LogP contribution in [-0.2, 0) is 17.1 Å². The standard InChI is InChI=1S/C17H16N2O3S/c1-12-7-9-14(10-8-12)23(21,22)18-15-11-13-5-3-4-6-16(13)19(2)17(15)20/h3-11,18H,1-2H3. The molecule has 23 heavy (non-hydrogen) atoms. The molecule has 0 saturated carbocycles. The van der Waals surface area contributed by atoms with E-state index in [1.807, 2.05) is 31.2 Å². The third-order valence-corrected chi connectivity index (χ3v) is 5.09. The number of fused-ring (bicyclic) bond motifs is 1. The number of nitrogens with zero attached hydrogens (tertiary/aromatic N) is 1. The molecule has 1 heterocycles. The Kier molecular flexibility index (Phi) is 3.69. The zero-order valence-corrected chi connectivity index (χ0v) is 13.6. The summed E-state index contributed by atoms with van der Waals surface area (Å²) in [7, 11) is -2.18. The fourth-order valence-electron chi connectivity index (χ4n) is 2.42. The van der Waals surface area contributed by atoms with Gasteiger partial charge in [0.05, 0.1) is 10.4 Å². The maximum atomic E-state index is 12.5. The minimum Gasteiger partial charge on any atom is -0.310 e. The van der Waals surface area contributed by atoms with E-state index in [2.05, 4.69) is 4.72 Å². The van der Waals surface area contributed by atoms with Crippen molar-refractivity contribution in [3.8, 4) is 0 Å². The van der Waals surface area contributed by atoms with Crippen molar-refractivity contribution in [2.24, 2.45) is 7.05 Å². The summed E-state index contributed by atoms with van der Waals surface area (Å²) < 4.78 is 28.7. The summed E-state index contributed by atoms with van der Waals surface area (Å²) in [5.41, 5.74) is 1.35. The fourth-order valence-corrected chi connectivity index (χ4v) is 3.46. The summed E-state index contributed by atoms with van der Waals surface area (Å²) >= 11 is 0. The molecule has 0 aliphatic heterocycles. The lowest BCUT2D eigenvalue weighted by Gasteiger charge is -2.11. The lowest BCUT2D eigenvalue weighted by atomic mass is 10.2. The third kappa shape index (κ3) is 2.85. The predicted molar refractivity (Wildman–Crippen MR) is 91.2 cm³/mol. The van der Waals surface area contributed by atoms with Gasteiger partial charge < -0.3 is 4.57 Å². The molecule has 0 atom stereocenters. The van der Waals surface area contributed by atoms with E-state index in [1.165, 1.54) is 16.7 Å². The van der Waals surface area contributed by atoms with Crippen molar-refractivity contribution in [2.75, 3.05) is 4.72 Å². The molecular weight excluding hydrogens is 312 g/mol. The van der Waals surface area contributed by atoms with E-state index in [9.17, 15) is 13.2 Å². The first kappa shape index (κ1) is 15.3. The third-order valence-electron chi connectivity index (χ3n) is 3.71. The highest BCUT2D eigenvalue weighted by Crippen LogP contribution is 2.18. The summed E-state index contributed by atoms with van der Waals surface area (Å²) in [6, 6.07) is 15.3. The van der Waals surface area contributed by atoms with Gasteiger partial charge in [0.25, 0.3) is 15.6 Å². The number of nitrogens with one attached hydrogen (secondary N) is 1. The fraction of sp³-hybridized carbons (Fsp3) is 0.118. The molecule has 1 N–H and O–H groups in total. The number of para-hydroxylation sites is 1. The molecule has 0 amide bonds. The molecule has 6 heteroatoms. The van der Waals surface area contributed by atoms with Crippen LogP contribution in [0.4, 0.5) is 5.69 Å². The van der Waals surface area contributed by atoms with Gasteiger partial charge in [-0.15, -0.1) is 0 Å². The molecule has 0 saturated heterocycles. The number of rotatable bonds is 3. The average molecular weight is 328 g/mol. The van der Waals surface area contributed by atoms with E-state index >= 15 is 0 Å². The van der Waals surface area contributed by atoms with Gasteiger partial charge in [-0.3, -0.25) is 9.52 Å². The number of anilines is 1. The van der Waals surface area contributed by atoms with Crippen LogP contribution in [0.5, 0.6) is 0 Å². The molecule has 0 fully saturated rings. The van der Waals surface area contributed by atoms with E-state index in [0.717, 1.165) is 16.5 Å². The van der Waals surface area contributed by atoms with Crippen LogP contribution in [-0.4, -0.2) is 13.0 Å². The van der Waals surface area contributed by atoms with Crippen LogP contribution in [0.2, 0.25) is 0 Å². The molecule has 118 valence electrons. The van der Waals surface area contributed by atoms with Crippen LogP contribution in [0, 0.1) is 6.92 Å². The van der Waals surface area contributed by atoms with Crippen molar-refractivity contribution in [3.63, 3.8) is 0 Å². The van der Waals surface area contributed by atoms with E-state index in [1.54, 1.807) is 25.2 Å². The SMILES string of the molecule is Cc1ccc(S(=O)(=O)Nc2cc3ccccc3n(C)c2=O)cc1. The normalized spacial score (nSPS) is 11.6. The molecule has 2 aromatic carbocycles. The molecule has 0 aliphatic rings.